The number of methoxy groups -OCH3 is 1. The molecule has 0 saturated carbocycles. The number of nitrogens with one attached hydrogen (secondary N) is 1. The Hall–Kier alpha value is -1.39. The molecule has 1 aliphatic rings. The standard InChI is InChI=1S/C16H24N2O2/c1-4-13(11-20-3)18-14(5-2)17-15(16(18)19)12-9-7-6-8-10-12/h6-10,13-15,17H,4-5,11H2,1-3H3. The first-order valence-electron chi connectivity index (χ1n) is 7.35. The zero-order chi connectivity index (χ0) is 14.5. The van der Waals surface area contributed by atoms with Crippen molar-refractivity contribution in [2.75, 3.05) is 13.7 Å². The Balaban J connectivity index is 2.23. The van der Waals surface area contributed by atoms with Crippen molar-refractivity contribution in [1.82, 2.24) is 10.2 Å². The van der Waals surface area contributed by atoms with E-state index in [0.29, 0.717) is 6.61 Å². The van der Waals surface area contributed by atoms with E-state index < -0.39 is 0 Å². The van der Waals surface area contributed by atoms with E-state index in [9.17, 15) is 4.79 Å². The quantitative estimate of drug-likeness (QED) is 0.867. The van der Waals surface area contributed by atoms with Crippen LogP contribution in [0.5, 0.6) is 0 Å². The molecule has 1 heterocycles. The van der Waals surface area contributed by atoms with Crippen LogP contribution in [0.3, 0.4) is 0 Å². The molecule has 2 rings (SSSR count). The van der Waals surface area contributed by atoms with Crippen LogP contribution in [-0.4, -0.2) is 36.7 Å². The highest BCUT2D eigenvalue weighted by Gasteiger charge is 2.41. The third kappa shape index (κ3) is 2.86. The summed E-state index contributed by atoms with van der Waals surface area (Å²) in [4.78, 5) is 14.7. The molecule has 1 N–H and O–H groups in total. The Kier molecular flexibility index (Phi) is 5.15. The minimum absolute atomic E-state index is 0.0906. The Morgan fingerprint density at radius 3 is 2.55 bits per heavy atom. The highest BCUT2D eigenvalue weighted by Crippen LogP contribution is 2.28. The van der Waals surface area contributed by atoms with Crippen LogP contribution in [0.1, 0.15) is 38.3 Å². The van der Waals surface area contributed by atoms with E-state index in [-0.39, 0.29) is 24.2 Å². The van der Waals surface area contributed by atoms with Gasteiger partial charge in [-0.2, -0.15) is 0 Å². The summed E-state index contributed by atoms with van der Waals surface area (Å²) in [5, 5.41) is 3.45. The molecular formula is C16H24N2O2. The summed E-state index contributed by atoms with van der Waals surface area (Å²) in [7, 11) is 1.69. The van der Waals surface area contributed by atoms with Crippen molar-refractivity contribution in [3.05, 3.63) is 35.9 Å². The fourth-order valence-electron chi connectivity index (χ4n) is 2.87. The number of benzene rings is 1. The number of rotatable bonds is 6. The van der Waals surface area contributed by atoms with Gasteiger partial charge >= 0.3 is 0 Å². The van der Waals surface area contributed by atoms with E-state index in [0.717, 1.165) is 18.4 Å². The van der Waals surface area contributed by atoms with Crippen molar-refractivity contribution in [2.24, 2.45) is 0 Å². The number of nitrogens with zero attached hydrogens (tertiary/aromatic N) is 1. The lowest BCUT2D eigenvalue weighted by atomic mass is 10.1. The molecule has 1 saturated heterocycles. The average molecular weight is 276 g/mol. The molecule has 3 atom stereocenters. The molecule has 1 aromatic rings. The molecule has 4 nitrogen and oxygen atoms in total. The van der Waals surface area contributed by atoms with Crippen LogP contribution in [0.2, 0.25) is 0 Å². The molecule has 1 aliphatic heterocycles. The second-order valence-corrected chi connectivity index (χ2v) is 5.20. The van der Waals surface area contributed by atoms with Crippen LogP contribution >= 0.6 is 0 Å². The monoisotopic (exact) mass is 276 g/mol. The van der Waals surface area contributed by atoms with Gasteiger partial charge in [-0.15, -0.1) is 0 Å². The molecule has 20 heavy (non-hydrogen) atoms. The summed E-state index contributed by atoms with van der Waals surface area (Å²) >= 11 is 0. The first-order valence-corrected chi connectivity index (χ1v) is 7.35. The van der Waals surface area contributed by atoms with Gasteiger partial charge in [0.1, 0.15) is 6.04 Å². The largest absolute Gasteiger partial charge is 0.383 e. The zero-order valence-electron chi connectivity index (χ0n) is 12.5. The maximum atomic E-state index is 12.8. The van der Waals surface area contributed by atoms with Gasteiger partial charge in [-0.05, 0) is 18.4 Å². The van der Waals surface area contributed by atoms with Crippen molar-refractivity contribution in [3.8, 4) is 0 Å². The van der Waals surface area contributed by atoms with E-state index in [1.165, 1.54) is 0 Å². The van der Waals surface area contributed by atoms with Crippen LogP contribution in [0, 0.1) is 0 Å². The van der Waals surface area contributed by atoms with Gasteiger partial charge in [0.2, 0.25) is 5.91 Å². The predicted molar refractivity (Wildman–Crippen MR) is 79.2 cm³/mol. The van der Waals surface area contributed by atoms with Gasteiger partial charge in [0.05, 0.1) is 18.8 Å². The average Bonchev–Trinajstić information content (AvgIpc) is 2.82. The molecule has 1 amide bonds. The second-order valence-electron chi connectivity index (χ2n) is 5.20. The summed E-state index contributed by atoms with van der Waals surface area (Å²) in [6, 6.07) is 9.83. The normalized spacial score (nSPS) is 24.1. The Morgan fingerprint density at radius 1 is 1.30 bits per heavy atom. The third-order valence-corrected chi connectivity index (χ3v) is 3.94. The molecule has 110 valence electrons. The predicted octanol–water partition coefficient (Wildman–Crippen LogP) is 2.32. The molecule has 1 fully saturated rings. The molecule has 3 unspecified atom stereocenters. The Bertz CT molecular complexity index is 435. The van der Waals surface area contributed by atoms with Gasteiger partial charge in [-0.25, -0.2) is 0 Å². The first kappa shape index (κ1) is 15.0. The molecule has 4 heteroatoms. The Morgan fingerprint density at radius 2 is 2.00 bits per heavy atom. The first-order chi connectivity index (χ1) is 9.72. The number of ether oxygens (including phenoxy) is 1. The van der Waals surface area contributed by atoms with Crippen LogP contribution < -0.4 is 5.32 Å². The van der Waals surface area contributed by atoms with E-state index >= 15 is 0 Å². The number of hydrogen-bond acceptors (Lipinski definition) is 3. The molecule has 0 aromatic heterocycles. The summed E-state index contributed by atoms with van der Waals surface area (Å²) < 4.78 is 5.27. The maximum Gasteiger partial charge on any atom is 0.245 e. The van der Waals surface area contributed by atoms with Crippen molar-refractivity contribution < 1.29 is 9.53 Å². The topological polar surface area (TPSA) is 41.6 Å². The molecule has 0 aliphatic carbocycles. The highest BCUT2D eigenvalue weighted by molar-refractivity contribution is 5.86. The molecule has 1 aromatic carbocycles. The van der Waals surface area contributed by atoms with Gasteiger partial charge in [0.25, 0.3) is 0 Å². The zero-order valence-corrected chi connectivity index (χ0v) is 12.5. The molecule has 0 radical (unpaired) electrons. The molecule has 0 bridgehead atoms. The smallest absolute Gasteiger partial charge is 0.245 e. The summed E-state index contributed by atoms with van der Waals surface area (Å²) in [5.74, 6) is 0.159. The van der Waals surface area contributed by atoms with E-state index in [1.807, 2.05) is 35.2 Å². The van der Waals surface area contributed by atoms with Crippen LogP contribution in [0.15, 0.2) is 30.3 Å². The fourth-order valence-corrected chi connectivity index (χ4v) is 2.87. The fraction of sp³-hybridized carbons (Fsp3) is 0.562. The lowest BCUT2D eigenvalue weighted by Crippen LogP contribution is -2.46. The minimum Gasteiger partial charge on any atom is -0.383 e. The summed E-state index contributed by atoms with van der Waals surface area (Å²) in [6.07, 6.45) is 1.89. The minimum atomic E-state index is -0.230. The summed E-state index contributed by atoms with van der Waals surface area (Å²) in [5.41, 5.74) is 1.03. The number of amides is 1. The van der Waals surface area contributed by atoms with E-state index in [1.54, 1.807) is 7.11 Å². The van der Waals surface area contributed by atoms with E-state index in [2.05, 4.69) is 19.2 Å². The molecule has 0 spiro atoms. The summed E-state index contributed by atoms with van der Waals surface area (Å²) in [6.45, 7) is 4.78. The van der Waals surface area contributed by atoms with Gasteiger partial charge in [0.15, 0.2) is 0 Å². The Labute approximate surface area is 121 Å². The van der Waals surface area contributed by atoms with Gasteiger partial charge < -0.3 is 9.64 Å². The number of carbonyl (C=O) groups excluding carboxylic acids is 1. The molecular weight excluding hydrogens is 252 g/mol. The van der Waals surface area contributed by atoms with Crippen molar-refractivity contribution in [1.29, 1.82) is 0 Å². The second kappa shape index (κ2) is 6.86. The van der Waals surface area contributed by atoms with Gasteiger partial charge in [-0.1, -0.05) is 44.2 Å². The lowest BCUT2D eigenvalue weighted by molar-refractivity contribution is -0.133. The van der Waals surface area contributed by atoms with Crippen molar-refractivity contribution in [2.45, 2.75) is 44.9 Å². The van der Waals surface area contributed by atoms with Crippen molar-refractivity contribution in [3.63, 3.8) is 0 Å². The van der Waals surface area contributed by atoms with Crippen LogP contribution in [-0.2, 0) is 9.53 Å². The van der Waals surface area contributed by atoms with Gasteiger partial charge in [0, 0.05) is 7.11 Å². The maximum absolute atomic E-state index is 12.8. The number of hydrogen-bond donors (Lipinski definition) is 1. The van der Waals surface area contributed by atoms with Gasteiger partial charge in [-0.3, -0.25) is 10.1 Å². The third-order valence-electron chi connectivity index (χ3n) is 3.94. The van der Waals surface area contributed by atoms with Crippen molar-refractivity contribution >= 4 is 5.91 Å². The lowest BCUT2D eigenvalue weighted by Gasteiger charge is -2.31. The van der Waals surface area contributed by atoms with E-state index in [4.69, 9.17) is 4.74 Å². The van der Waals surface area contributed by atoms with Crippen LogP contribution in [0.4, 0.5) is 0 Å². The SMILES string of the molecule is CCC(COC)N1C(=O)C(c2ccccc2)NC1CC. The van der Waals surface area contributed by atoms with Crippen LogP contribution in [0.25, 0.3) is 0 Å². The highest BCUT2D eigenvalue weighted by atomic mass is 16.5. The number of carbonyl (C=O) groups is 1.